The number of anilines is 1. The fourth-order valence-electron chi connectivity index (χ4n) is 1.24. The zero-order chi connectivity index (χ0) is 10.7. The van der Waals surface area contributed by atoms with E-state index in [2.05, 4.69) is 15.3 Å². The molecule has 0 atom stereocenters. The van der Waals surface area contributed by atoms with Crippen LogP contribution in [0.4, 0.5) is 5.69 Å². The van der Waals surface area contributed by atoms with Crippen molar-refractivity contribution in [3.05, 3.63) is 41.7 Å². The first kappa shape index (κ1) is 9.93. The zero-order valence-corrected chi connectivity index (χ0v) is 8.99. The Morgan fingerprint density at radius 1 is 1.13 bits per heavy atom. The zero-order valence-electron chi connectivity index (χ0n) is 8.24. The van der Waals surface area contributed by atoms with Gasteiger partial charge in [0.05, 0.1) is 23.1 Å². The number of hydrogen-bond acceptors (Lipinski definition) is 3. The molecule has 1 aromatic heterocycles. The standard InChI is InChI=1S/C11H10ClN3/c1-13-8-6-14-11(15-7-8)9-4-2-3-5-10(9)12/h2-7,13H,1H3. The normalized spacial score (nSPS) is 10.0. The summed E-state index contributed by atoms with van der Waals surface area (Å²) in [6, 6.07) is 7.52. The summed E-state index contributed by atoms with van der Waals surface area (Å²) in [5.74, 6) is 0.639. The Kier molecular flexibility index (Phi) is 2.83. The van der Waals surface area contributed by atoms with Crippen LogP contribution in [0.15, 0.2) is 36.7 Å². The van der Waals surface area contributed by atoms with Crippen LogP contribution in [0.2, 0.25) is 5.02 Å². The molecular formula is C11H10ClN3. The Morgan fingerprint density at radius 3 is 2.40 bits per heavy atom. The van der Waals surface area contributed by atoms with Crippen LogP contribution < -0.4 is 5.32 Å². The minimum Gasteiger partial charge on any atom is -0.386 e. The van der Waals surface area contributed by atoms with Gasteiger partial charge in [-0.25, -0.2) is 9.97 Å². The molecule has 0 unspecified atom stereocenters. The molecule has 0 saturated heterocycles. The maximum Gasteiger partial charge on any atom is 0.160 e. The molecule has 0 radical (unpaired) electrons. The smallest absolute Gasteiger partial charge is 0.160 e. The van der Waals surface area contributed by atoms with Gasteiger partial charge >= 0.3 is 0 Å². The lowest BCUT2D eigenvalue weighted by Crippen LogP contribution is -1.93. The van der Waals surface area contributed by atoms with Crippen LogP contribution in [0.3, 0.4) is 0 Å². The Hall–Kier alpha value is -1.61. The van der Waals surface area contributed by atoms with E-state index in [1.54, 1.807) is 12.4 Å². The molecule has 15 heavy (non-hydrogen) atoms. The lowest BCUT2D eigenvalue weighted by molar-refractivity contribution is 1.17. The van der Waals surface area contributed by atoms with Crippen molar-refractivity contribution in [2.45, 2.75) is 0 Å². The molecule has 0 aliphatic heterocycles. The highest BCUT2D eigenvalue weighted by Crippen LogP contribution is 2.24. The second kappa shape index (κ2) is 4.28. The van der Waals surface area contributed by atoms with E-state index in [-0.39, 0.29) is 0 Å². The van der Waals surface area contributed by atoms with Crippen molar-refractivity contribution in [2.75, 3.05) is 12.4 Å². The van der Waals surface area contributed by atoms with Crippen LogP contribution in [0.5, 0.6) is 0 Å². The van der Waals surface area contributed by atoms with E-state index < -0.39 is 0 Å². The fourth-order valence-corrected chi connectivity index (χ4v) is 1.46. The quantitative estimate of drug-likeness (QED) is 0.844. The lowest BCUT2D eigenvalue weighted by atomic mass is 10.2. The first-order valence-corrected chi connectivity index (χ1v) is 4.94. The molecule has 1 N–H and O–H groups in total. The highest BCUT2D eigenvalue weighted by Gasteiger charge is 2.04. The Balaban J connectivity index is 2.42. The maximum absolute atomic E-state index is 6.04. The molecule has 1 aromatic carbocycles. The van der Waals surface area contributed by atoms with Crippen LogP contribution in [0.25, 0.3) is 11.4 Å². The Bertz CT molecular complexity index is 454. The number of benzene rings is 1. The summed E-state index contributed by atoms with van der Waals surface area (Å²) < 4.78 is 0. The van der Waals surface area contributed by atoms with E-state index >= 15 is 0 Å². The summed E-state index contributed by atoms with van der Waals surface area (Å²) in [5.41, 5.74) is 1.73. The lowest BCUT2D eigenvalue weighted by Gasteiger charge is -2.03. The molecule has 2 rings (SSSR count). The van der Waals surface area contributed by atoms with Crippen molar-refractivity contribution in [1.82, 2.24) is 9.97 Å². The summed E-state index contributed by atoms with van der Waals surface area (Å²) in [4.78, 5) is 8.45. The third-order valence-corrected chi connectivity index (χ3v) is 2.38. The molecule has 0 spiro atoms. The number of aromatic nitrogens is 2. The molecule has 0 aliphatic rings. The molecule has 3 nitrogen and oxygen atoms in total. The van der Waals surface area contributed by atoms with Crippen molar-refractivity contribution in [1.29, 1.82) is 0 Å². The molecule has 4 heteroatoms. The number of nitrogens with one attached hydrogen (secondary N) is 1. The van der Waals surface area contributed by atoms with Gasteiger partial charge in [-0.2, -0.15) is 0 Å². The van der Waals surface area contributed by atoms with Gasteiger partial charge in [0, 0.05) is 12.6 Å². The predicted octanol–water partition coefficient (Wildman–Crippen LogP) is 2.84. The van der Waals surface area contributed by atoms with Gasteiger partial charge in [0.2, 0.25) is 0 Å². The van der Waals surface area contributed by atoms with Crippen LogP contribution in [0, 0.1) is 0 Å². The van der Waals surface area contributed by atoms with Gasteiger partial charge < -0.3 is 5.32 Å². The fraction of sp³-hybridized carbons (Fsp3) is 0.0909. The maximum atomic E-state index is 6.04. The van der Waals surface area contributed by atoms with Gasteiger partial charge in [-0.05, 0) is 12.1 Å². The van der Waals surface area contributed by atoms with Gasteiger partial charge in [0.15, 0.2) is 5.82 Å². The van der Waals surface area contributed by atoms with Crippen molar-refractivity contribution in [2.24, 2.45) is 0 Å². The molecule has 0 amide bonds. The Morgan fingerprint density at radius 2 is 1.80 bits per heavy atom. The molecule has 76 valence electrons. The monoisotopic (exact) mass is 219 g/mol. The summed E-state index contributed by atoms with van der Waals surface area (Å²) in [6.45, 7) is 0. The molecular weight excluding hydrogens is 210 g/mol. The predicted molar refractivity (Wildman–Crippen MR) is 62.0 cm³/mol. The average Bonchev–Trinajstić information content (AvgIpc) is 2.30. The summed E-state index contributed by atoms with van der Waals surface area (Å²) in [5, 5.41) is 3.62. The number of halogens is 1. The van der Waals surface area contributed by atoms with E-state index in [4.69, 9.17) is 11.6 Å². The topological polar surface area (TPSA) is 37.8 Å². The van der Waals surface area contributed by atoms with E-state index in [1.807, 2.05) is 31.3 Å². The largest absolute Gasteiger partial charge is 0.386 e. The van der Waals surface area contributed by atoms with Crippen molar-refractivity contribution in [3.8, 4) is 11.4 Å². The van der Waals surface area contributed by atoms with E-state index in [9.17, 15) is 0 Å². The minimum absolute atomic E-state index is 0.639. The first-order valence-electron chi connectivity index (χ1n) is 4.56. The van der Waals surface area contributed by atoms with Crippen molar-refractivity contribution >= 4 is 17.3 Å². The van der Waals surface area contributed by atoms with Gasteiger partial charge in [-0.15, -0.1) is 0 Å². The first-order chi connectivity index (χ1) is 7.31. The average molecular weight is 220 g/mol. The second-order valence-corrected chi connectivity index (χ2v) is 3.43. The number of hydrogen-bond donors (Lipinski definition) is 1. The highest BCUT2D eigenvalue weighted by molar-refractivity contribution is 6.33. The van der Waals surface area contributed by atoms with Crippen LogP contribution in [0.1, 0.15) is 0 Å². The third-order valence-electron chi connectivity index (χ3n) is 2.06. The number of nitrogens with zero attached hydrogens (tertiary/aromatic N) is 2. The van der Waals surface area contributed by atoms with Crippen molar-refractivity contribution < 1.29 is 0 Å². The third kappa shape index (κ3) is 2.07. The molecule has 1 heterocycles. The summed E-state index contributed by atoms with van der Waals surface area (Å²) >= 11 is 6.04. The van der Waals surface area contributed by atoms with Gasteiger partial charge in [-0.1, -0.05) is 23.7 Å². The number of rotatable bonds is 2. The van der Waals surface area contributed by atoms with Gasteiger partial charge in [0.1, 0.15) is 0 Å². The van der Waals surface area contributed by atoms with E-state index in [1.165, 1.54) is 0 Å². The molecule has 0 saturated carbocycles. The van der Waals surface area contributed by atoms with Crippen LogP contribution >= 0.6 is 11.6 Å². The SMILES string of the molecule is CNc1cnc(-c2ccccc2Cl)nc1. The van der Waals surface area contributed by atoms with Crippen molar-refractivity contribution in [3.63, 3.8) is 0 Å². The summed E-state index contributed by atoms with van der Waals surface area (Å²) in [7, 11) is 1.83. The van der Waals surface area contributed by atoms with E-state index in [0.717, 1.165) is 11.3 Å². The van der Waals surface area contributed by atoms with Gasteiger partial charge in [-0.3, -0.25) is 0 Å². The molecule has 2 aromatic rings. The summed E-state index contributed by atoms with van der Waals surface area (Å²) in [6.07, 6.45) is 3.46. The van der Waals surface area contributed by atoms with Gasteiger partial charge in [0.25, 0.3) is 0 Å². The van der Waals surface area contributed by atoms with Crippen LogP contribution in [-0.4, -0.2) is 17.0 Å². The Labute approximate surface area is 93.1 Å². The molecule has 0 aliphatic carbocycles. The molecule has 0 fully saturated rings. The van der Waals surface area contributed by atoms with Crippen LogP contribution in [-0.2, 0) is 0 Å². The highest BCUT2D eigenvalue weighted by atomic mass is 35.5. The molecule has 0 bridgehead atoms. The van der Waals surface area contributed by atoms with E-state index in [0.29, 0.717) is 10.8 Å². The second-order valence-electron chi connectivity index (χ2n) is 3.03. The minimum atomic E-state index is 0.639.